The number of benzene rings is 1. The number of amides is 1. The first-order chi connectivity index (χ1) is 11.6. The van der Waals surface area contributed by atoms with Gasteiger partial charge in [-0.05, 0) is 25.0 Å². The van der Waals surface area contributed by atoms with E-state index in [1.165, 1.54) is 0 Å². The van der Waals surface area contributed by atoms with Gasteiger partial charge in [0.2, 0.25) is 0 Å². The van der Waals surface area contributed by atoms with Crippen molar-refractivity contribution in [3.8, 4) is 5.75 Å². The van der Waals surface area contributed by atoms with Crippen LogP contribution < -0.4 is 4.74 Å². The van der Waals surface area contributed by atoms with Gasteiger partial charge in [-0.1, -0.05) is 19.1 Å². The first-order valence-corrected chi connectivity index (χ1v) is 8.39. The molecule has 0 unspecified atom stereocenters. The van der Waals surface area contributed by atoms with Gasteiger partial charge in [0.25, 0.3) is 5.91 Å². The molecule has 1 saturated heterocycles. The highest BCUT2D eigenvalue weighted by Gasteiger charge is 2.28. The van der Waals surface area contributed by atoms with Crippen LogP contribution in [0.1, 0.15) is 36.7 Å². The summed E-state index contributed by atoms with van der Waals surface area (Å²) in [4.78, 5) is 31.1. The standard InChI is InChI=1S/C19H22N2O3/c1-3-17(22)13-7-6-10-21(12-13)19(23)16-11-18(24-2)14-8-4-5-9-15(14)20-16/h4-5,8-9,11,13H,3,6-7,10,12H2,1-2H3/t13-/m0/s1. The van der Waals surface area contributed by atoms with Gasteiger partial charge in [0, 0.05) is 36.9 Å². The number of hydrogen-bond donors (Lipinski definition) is 0. The van der Waals surface area contributed by atoms with Crippen molar-refractivity contribution in [2.75, 3.05) is 20.2 Å². The summed E-state index contributed by atoms with van der Waals surface area (Å²) in [7, 11) is 1.59. The summed E-state index contributed by atoms with van der Waals surface area (Å²) in [6, 6.07) is 9.29. The Kier molecular flexibility index (Phi) is 4.79. The van der Waals surface area contributed by atoms with Crippen LogP contribution in [0.2, 0.25) is 0 Å². The van der Waals surface area contributed by atoms with Gasteiger partial charge in [0.15, 0.2) is 0 Å². The predicted octanol–water partition coefficient (Wildman–Crippen LogP) is 3.07. The molecule has 0 spiro atoms. The molecule has 0 radical (unpaired) electrons. The number of carbonyl (C=O) groups excluding carboxylic acids is 2. The third kappa shape index (κ3) is 3.11. The lowest BCUT2D eigenvalue weighted by Crippen LogP contribution is -2.42. The molecule has 1 atom stereocenters. The minimum absolute atomic E-state index is 0.0462. The van der Waals surface area contributed by atoms with Crippen LogP contribution in [0.4, 0.5) is 0 Å². The molecule has 1 fully saturated rings. The van der Waals surface area contributed by atoms with Gasteiger partial charge in [0.1, 0.15) is 17.2 Å². The van der Waals surface area contributed by atoms with E-state index < -0.39 is 0 Å². The van der Waals surface area contributed by atoms with Crippen molar-refractivity contribution < 1.29 is 14.3 Å². The number of pyridine rings is 1. The van der Waals surface area contributed by atoms with Crippen LogP contribution in [-0.2, 0) is 4.79 Å². The molecule has 5 heteroatoms. The van der Waals surface area contributed by atoms with Gasteiger partial charge in [-0.3, -0.25) is 9.59 Å². The molecule has 2 heterocycles. The van der Waals surface area contributed by atoms with Crippen molar-refractivity contribution in [1.82, 2.24) is 9.88 Å². The highest BCUT2D eigenvalue weighted by atomic mass is 16.5. The first kappa shape index (κ1) is 16.4. The van der Waals surface area contributed by atoms with Gasteiger partial charge >= 0.3 is 0 Å². The summed E-state index contributed by atoms with van der Waals surface area (Å²) in [5.41, 5.74) is 1.11. The van der Waals surface area contributed by atoms with Crippen LogP contribution >= 0.6 is 0 Å². The van der Waals surface area contributed by atoms with Crippen LogP contribution in [0, 0.1) is 5.92 Å². The third-order valence-electron chi connectivity index (χ3n) is 4.63. The van der Waals surface area contributed by atoms with Gasteiger partial charge in [-0.15, -0.1) is 0 Å². The van der Waals surface area contributed by atoms with Crippen LogP contribution in [0.15, 0.2) is 30.3 Å². The molecule has 126 valence electrons. The van der Waals surface area contributed by atoms with Crippen LogP contribution in [-0.4, -0.2) is 41.8 Å². The number of hydrogen-bond acceptors (Lipinski definition) is 4. The van der Waals surface area contributed by atoms with E-state index in [1.54, 1.807) is 18.1 Å². The highest BCUT2D eigenvalue weighted by Crippen LogP contribution is 2.26. The third-order valence-corrected chi connectivity index (χ3v) is 4.63. The van der Waals surface area contributed by atoms with Crippen molar-refractivity contribution in [2.24, 2.45) is 5.92 Å². The highest BCUT2D eigenvalue weighted by molar-refractivity contribution is 5.97. The van der Waals surface area contributed by atoms with Gasteiger partial charge in [-0.25, -0.2) is 4.98 Å². The van der Waals surface area contributed by atoms with Crippen LogP contribution in [0.25, 0.3) is 10.9 Å². The molecule has 1 aliphatic rings. The SMILES string of the molecule is CCC(=O)[C@H]1CCCN(C(=O)c2cc(OC)c3ccccc3n2)C1. The fourth-order valence-corrected chi connectivity index (χ4v) is 3.30. The van der Waals surface area contributed by atoms with E-state index in [0.29, 0.717) is 31.0 Å². The summed E-state index contributed by atoms with van der Waals surface area (Å²) in [5, 5.41) is 0.884. The topological polar surface area (TPSA) is 59.5 Å². The number of ether oxygens (including phenoxy) is 1. The second kappa shape index (κ2) is 6.99. The number of piperidine rings is 1. The van der Waals surface area contributed by atoms with Gasteiger partial charge in [0.05, 0.1) is 12.6 Å². The zero-order chi connectivity index (χ0) is 17.1. The van der Waals surface area contributed by atoms with E-state index in [-0.39, 0.29) is 17.6 Å². The van der Waals surface area contributed by atoms with Gasteiger partial charge < -0.3 is 9.64 Å². The zero-order valence-electron chi connectivity index (χ0n) is 14.1. The molecule has 0 aliphatic carbocycles. The second-order valence-corrected chi connectivity index (χ2v) is 6.14. The summed E-state index contributed by atoms with van der Waals surface area (Å²) in [5.74, 6) is 0.696. The van der Waals surface area contributed by atoms with E-state index in [4.69, 9.17) is 4.74 Å². The molecule has 0 saturated carbocycles. The molecule has 1 aromatic carbocycles. The monoisotopic (exact) mass is 326 g/mol. The Bertz CT molecular complexity index is 772. The Morgan fingerprint density at radius 2 is 2.12 bits per heavy atom. The van der Waals surface area contributed by atoms with Crippen molar-refractivity contribution in [3.05, 3.63) is 36.0 Å². The van der Waals surface area contributed by atoms with Crippen LogP contribution in [0.5, 0.6) is 5.75 Å². The van der Waals surface area contributed by atoms with Crippen molar-refractivity contribution in [1.29, 1.82) is 0 Å². The number of rotatable bonds is 4. The van der Waals surface area contributed by atoms with E-state index in [9.17, 15) is 9.59 Å². The molecule has 24 heavy (non-hydrogen) atoms. The number of nitrogens with zero attached hydrogens (tertiary/aromatic N) is 2. The lowest BCUT2D eigenvalue weighted by Gasteiger charge is -2.31. The molecule has 0 N–H and O–H groups in total. The fourth-order valence-electron chi connectivity index (χ4n) is 3.30. The molecule has 0 bridgehead atoms. The fraction of sp³-hybridized carbons (Fsp3) is 0.421. The molecular weight excluding hydrogens is 304 g/mol. The summed E-state index contributed by atoms with van der Waals surface area (Å²) in [6.07, 6.45) is 2.24. The number of carbonyl (C=O) groups is 2. The maximum Gasteiger partial charge on any atom is 0.272 e. The minimum atomic E-state index is -0.132. The smallest absolute Gasteiger partial charge is 0.272 e. The Balaban J connectivity index is 1.89. The predicted molar refractivity (Wildman–Crippen MR) is 92.2 cm³/mol. The number of ketones is 1. The first-order valence-electron chi connectivity index (χ1n) is 8.39. The van der Waals surface area contributed by atoms with E-state index >= 15 is 0 Å². The van der Waals surface area contributed by atoms with E-state index in [0.717, 1.165) is 23.7 Å². The number of Topliss-reactive ketones (excluding diaryl/α,β-unsaturated/α-hetero) is 1. The second-order valence-electron chi connectivity index (χ2n) is 6.14. The van der Waals surface area contributed by atoms with Crippen molar-refractivity contribution >= 4 is 22.6 Å². The number of likely N-dealkylation sites (tertiary alicyclic amines) is 1. The number of aromatic nitrogens is 1. The molecule has 1 aliphatic heterocycles. The Hall–Kier alpha value is -2.43. The molecule has 2 aromatic rings. The lowest BCUT2D eigenvalue weighted by molar-refractivity contribution is -0.123. The van der Waals surface area contributed by atoms with Crippen molar-refractivity contribution in [3.63, 3.8) is 0 Å². The normalized spacial score (nSPS) is 17.8. The Morgan fingerprint density at radius 3 is 2.88 bits per heavy atom. The molecule has 5 nitrogen and oxygen atoms in total. The number of fused-ring (bicyclic) bond motifs is 1. The summed E-state index contributed by atoms with van der Waals surface area (Å²) >= 11 is 0. The maximum atomic E-state index is 12.9. The zero-order valence-corrected chi connectivity index (χ0v) is 14.1. The van der Waals surface area contributed by atoms with E-state index in [2.05, 4.69) is 4.98 Å². The number of para-hydroxylation sites is 1. The molecule has 3 rings (SSSR count). The van der Waals surface area contributed by atoms with E-state index in [1.807, 2.05) is 31.2 Å². The lowest BCUT2D eigenvalue weighted by atomic mass is 9.92. The summed E-state index contributed by atoms with van der Waals surface area (Å²) in [6.45, 7) is 3.03. The largest absolute Gasteiger partial charge is 0.496 e. The van der Waals surface area contributed by atoms with Crippen molar-refractivity contribution in [2.45, 2.75) is 26.2 Å². The minimum Gasteiger partial charge on any atom is -0.496 e. The maximum absolute atomic E-state index is 12.9. The average Bonchev–Trinajstić information content (AvgIpc) is 2.65. The quantitative estimate of drug-likeness (QED) is 0.866. The Labute approximate surface area is 141 Å². The Morgan fingerprint density at radius 1 is 1.33 bits per heavy atom. The molecule has 1 aromatic heterocycles. The average molecular weight is 326 g/mol. The van der Waals surface area contributed by atoms with Crippen LogP contribution in [0.3, 0.4) is 0 Å². The van der Waals surface area contributed by atoms with Gasteiger partial charge in [-0.2, -0.15) is 0 Å². The molecular formula is C19H22N2O3. The number of methoxy groups -OCH3 is 1. The summed E-state index contributed by atoms with van der Waals surface area (Å²) < 4.78 is 5.42. The molecule has 1 amide bonds.